The molecule has 0 aromatic rings. The molecule has 0 aliphatic carbocycles. The van der Waals surface area contributed by atoms with Gasteiger partial charge in [0.1, 0.15) is 0 Å². The predicted octanol–water partition coefficient (Wildman–Crippen LogP) is 1.70. The number of carbonyl (C=O) groups is 1. The number of amides is 1. The van der Waals surface area contributed by atoms with Crippen LogP contribution in [0.1, 0.15) is 45.4 Å². The molecular formula is C14H28N2O2. The van der Waals surface area contributed by atoms with Crippen LogP contribution in [0.15, 0.2) is 0 Å². The molecule has 0 radical (unpaired) electrons. The maximum atomic E-state index is 11.6. The summed E-state index contributed by atoms with van der Waals surface area (Å²) in [6.45, 7) is 6.45. The lowest BCUT2D eigenvalue weighted by Crippen LogP contribution is -2.30. The highest BCUT2D eigenvalue weighted by molar-refractivity contribution is 5.75. The van der Waals surface area contributed by atoms with E-state index < -0.39 is 0 Å². The van der Waals surface area contributed by atoms with Gasteiger partial charge in [-0.25, -0.2) is 0 Å². The molecule has 0 spiro atoms. The number of carbonyl (C=O) groups excluding carboxylic acids is 1. The highest BCUT2D eigenvalue weighted by Gasteiger charge is 2.14. The zero-order chi connectivity index (χ0) is 13.1. The van der Waals surface area contributed by atoms with E-state index in [9.17, 15) is 4.79 Å². The fourth-order valence-electron chi connectivity index (χ4n) is 2.21. The van der Waals surface area contributed by atoms with Crippen molar-refractivity contribution in [2.24, 2.45) is 5.92 Å². The van der Waals surface area contributed by atoms with Crippen LogP contribution in [0.25, 0.3) is 0 Å². The fraction of sp³-hybridized carbons (Fsp3) is 0.929. The van der Waals surface area contributed by atoms with Gasteiger partial charge in [0.05, 0.1) is 6.61 Å². The summed E-state index contributed by atoms with van der Waals surface area (Å²) in [5.41, 5.74) is 0. The zero-order valence-corrected chi connectivity index (χ0v) is 11.7. The van der Waals surface area contributed by atoms with E-state index >= 15 is 0 Å². The highest BCUT2D eigenvalue weighted by atomic mass is 16.5. The summed E-state index contributed by atoms with van der Waals surface area (Å²) >= 11 is 0. The van der Waals surface area contributed by atoms with Gasteiger partial charge in [-0.05, 0) is 44.7 Å². The van der Waals surface area contributed by atoms with Crippen molar-refractivity contribution in [1.29, 1.82) is 0 Å². The first-order chi connectivity index (χ1) is 8.83. The Labute approximate surface area is 111 Å². The molecule has 1 aliphatic rings. The molecule has 0 aromatic carbocycles. The summed E-state index contributed by atoms with van der Waals surface area (Å²) in [5.74, 6) is 0.908. The minimum absolute atomic E-state index is 0.174. The largest absolute Gasteiger partial charge is 0.380 e. The van der Waals surface area contributed by atoms with E-state index in [1.54, 1.807) is 0 Å². The molecular weight excluding hydrogens is 228 g/mol. The van der Waals surface area contributed by atoms with Crippen LogP contribution in [0, 0.1) is 5.92 Å². The second-order valence-corrected chi connectivity index (χ2v) is 5.05. The lowest BCUT2D eigenvalue weighted by molar-refractivity contribution is -0.121. The van der Waals surface area contributed by atoms with Gasteiger partial charge in [-0.1, -0.05) is 13.3 Å². The van der Waals surface area contributed by atoms with Crippen molar-refractivity contribution < 1.29 is 9.53 Å². The first-order valence-electron chi connectivity index (χ1n) is 7.38. The molecule has 1 fully saturated rings. The van der Waals surface area contributed by atoms with Crippen LogP contribution in [0.2, 0.25) is 0 Å². The third-order valence-electron chi connectivity index (χ3n) is 3.45. The molecule has 0 aromatic heterocycles. The van der Waals surface area contributed by atoms with Crippen molar-refractivity contribution in [3.8, 4) is 0 Å². The molecule has 4 nitrogen and oxygen atoms in total. The summed E-state index contributed by atoms with van der Waals surface area (Å²) < 4.78 is 5.40. The number of hydrogen-bond donors (Lipinski definition) is 2. The van der Waals surface area contributed by atoms with E-state index in [2.05, 4.69) is 17.6 Å². The number of ether oxygens (including phenoxy) is 1. The maximum absolute atomic E-state index is 11.6. The third kappa shape index (κ3) is 7.67. The molecule has 0 unspecified atom stereocenters. The summed E-state index contributed by atoms with van der Waals surface area (Å²) in [7, 11) is 0. The van der Waals surface area contributed by atoms with Crippen molar-refractivity contribution in [3.63, 3.8) is 0 Å². The van der Waals surface area contributed by atoms with Crippen LogP contribution >= 0.6 is 0 Å². The second kappa shape index (κ2) is 10.3. The van der Waals surface area contributed by atoms with Crippen molar-refractivity contribution in [3.05, 3.63) is 0 Å². The summed E-state index contributed by atoms with van der Waals surface area (Å²) in [6, 6.07) is 0. The van der Waals surface area contributed by atoms with Gasteiger partial charge in [0.25, 0.3) is 0 Å². The van der Waals surface area contributed by atoms with E-state index in [0.717, 1.165) is 44.9 Å². The van der Waals surface area contributed by atoms with Gasteiger partial charge in [0.15, 0.2) is 0 Å². The average Bonchev–Trinajstić information content (AvgIpc) is 2.41. The van der Waals surface area contributed by atoms with Gasteiger partial charge in [0, 0.05) is 19.6 Å². The predicted molar refractivity (Wildman–Crippen MR) is 73.6 cm³/mol. The highest BCUT2D eigenvalue weighted by Crippen LogP contribution is 2.17. The Morgan fingerprint density at radius 2 is 2.11 bits per heavy atom. The SMILES string of the molecule is CCCCOCCNC(=O)CCC1CCNCC1. The lowest BCUT2D eigenvalue weighted by Gasteiger charge is -2.22. The molecule has 106 valence electrons. The molecule has 2 N–H and O–H groups in total. The monoisotopic (exact) mass is 256 g/mol. The Bertz CT molecular complexity index is 216. The minimum atomic E-state index is 0.174. The van der Waals surface area contributed by atoms with Crippen molar-refractivity contribution in [1.82, 2.24) is 10.6 Å². The molecule has 18 heavy (non-hydrogen) atoms. The van der Waals surface area contributed by atoms with Crippen molar-refractivity contribution in [2.75, 3.05) is 32.8 Å². The Morgan fingerprint density at radius 3 is 2.83 bits per heavy atom. The van der Waals surface area contributed by atoms with E-state index in [0.29, 0.717) is 19.6 Å². The second-order valence-electron chi connectivity index (χ2n) is 5.05. The zero-order valence-electron chi connectivity index (χ0n) is 11.7. The van der Waals surface area contributed by atoms with Crippen LogP contribution in [-0.4, -0.2) is 38.8 Å². The molecule has 1 heterocycles. The number of piperidine rings is 1. The standard InChI is InChI=1S/C14H28N2O2/c1-2-3-11-18-12-10-16-14(17)5-4-13-6-8-15-9-7-13/h13,15H,2-12H2,1H3,(H,16,17). The van der Waals surface area contributed by atoms with Gasteiger partial charge in [-0.3, -0.25) is 4.79 Å². The van der Waals surface area contributed by atoms with E-state index in [-0.39, 0.29) is 5.91 Å². The number of hydrogen-bond acceptors (Lipinski definition) is 3. The lowest BCUT2D eigenvalue weighted by atomic mass is 9.93. The van der Waals surface area contributed by atoms with Gasteiger partial charge in [0.2, 0.25) is 5.91 Å². The molecule has 1 aliphatic heterocycles. The van der Waals surface area contributed by atoms with E-state index in [1.165, 1.54) is 12.8 Å². The molecule has 0 atom stereocenters. The molecule has 4 heteroatoms. The van der Waals surface area contributed by atoms with Crippen LogP contribution in [-0.2, 0) is 9.53 Å². The van der Waals surface area contributed by atoms with Gasteiger partial charge >= 0.3 is 0 Å². The first kappa shape index (κ1) is 15.4. The topological polar surface area (TPSA) is 50.4 Å². The van der Waals surface area contributed by atoms with E-state index in [1.807, 2.05) is 0 Å². The number of nitrogens with one attached hydrogen (secondary N) is 2. The minimum Gasteiger partial charge on any atom is -0.380 e. The van der Waals surface area contributed by atoms with Crippen molar-refractivity contribution >= 4 is 5.91 Å². The van der Waals surface area contributed by atoms with Gasteiger partial charge in [-0.2, -0.15) is 0 Å². The molecule has 1 saturated heterocycles. The Hall–Kier alpha value is -0.610. The number of unbranched alkanes of at least 4 members (excludes halogenated alkanes) is 1. The first-order valence-corrected chi connectivity index (χ1v) is 7.38. The van der Waals surface area contributed by atoms with Crippen LogP contribution in [0.3, 0.4) is 0 Å². The van der Waals surface area contributed by atoms with Gasteiger partial charge < -0.3 is 15.4 Å². The molecule has 1 amide bonds. The quantitative estimate of drug-likeness (QED) is 0.617. The van der Waals surface area contributed by atoms with E-state index in [4.69, 9.17) is 4.74 Å². The van der Waals surface area contributed by atoms with Crippen molar-refractivity contribution in [2.45, 2.75) is 45.4 Å². The smallest absolute Gasteiger partial charge is 0.220 e. The third-order valence-corrected chi connectivity index (χ3v) is 3.45. The normalized spacial score (nSPS) is 16.7. The maximum Gasteiger partial charge on any atom is 0.220 e. The summed E-state index contributed by atoms with van der Waals surface area (Å²) in [4.78, 5) is 11.6. The fourth-order valence-corrected chi connectivity index (χ4v) is 2.21. The Balaban J connectivity index is 1.90. The Morgan fingerprint density at radius 1 is 1.33 bits per heavy atom. The number of rotatable bonds is 9. The molecule has 1 rings (SSSR count). The van der Waals surface area contributed by atoms with Crippen LogP contribution < -0.4 is 10.6 Å². The molecule has 0 saturated carbocycles. The van der Waals surface area contributed by atoms with Crippen LogP contribution in [0.5, 0.6) is 0 Å². The Kier molecular flexibility index (Phi) is 8.86. The average molecular weight is 256 g/mol. The van der Waals surface area contributed by atoms with Crippen LogP contribution in [0.4, 0.5) is 0 Å². The summed E-state index contributed by atoms with van der Waals surface area (Å²) in [5, 5.41) is 6.26. The van der Waals surface area contributed by atoms with Gasteiger partial charge in [-0.15, -0.1) is 0 Å². The molecule has 0 bridgehead atoms. The summed E-state index contributed by atoms with van der Waals surface area (Å²) in [6.07, 6.45) is 6.39.